The van der Waals surface area contributed by atoms with Crippen molar-refractivity contribution in [1.82, 2.24) is 0 Å². The zero-order chi connectivity index (χ0) is 14.7. The molecule has 1 atom stereocenters. The zero-order valence-corrected chi connectivity index (χ0v) is 12.5. The molecule has 1 aromatic carbocycles. The van der Waals surface area contributed by atoms with Crippen molar-refractivity contribution in [2.75, 3.05) is 32.7 Å². The lowest BCUT2D eigenvalue weighted by atomic mass is 9.85. The second kappa shape index (κ2) is 6.12. The van der Waals surface area contributed by atoms with Gasteiger partial charge in [0.25, 0.3) is 0 Å². The van der Waals surface area contributed by atoms with Crippen molar-refractivity contribution in [3.05, 3.63) is 18.2 Å². The second-order valence-electron chi connectivity index (χ2n) is 5.78. The van der Waals surface area contributed by atoms with E-state index in [1.165, 1.54) is 0 Å². The number of methoxy groups -OCH3 is 1. The van der Waals surface area contributed by atoms with Gasteiger partial charge in [-0.3, -0.25) is 0 Å². The number of hydrogen-bond donors (Lipinski definition) is 1. The van der Waals surface area contributed by atoms with Crippen LogP contribution >= 0.6 is 0 Å². The van der Waals surface area contributed by atoms with Gasteiger partial charge in [0.1, 0.15) is 17.6 Å². The molecule has 2 aliphatic heterocycles. The number of anilines is 1. The summed E-state index contributed by atoms with van der Waals surface area (Å²) in [6, 6.07) is 5.54. The SMILES string of the molecule is COc1ccc(OC2CCOC3(CCOCC3)C2)c(N)c1. The standard InChI is InChI=1S/C16H23NO4/c1-18-12-2-3-15(14(17)10-12)21-13-4-7-20-16(11-13)5-8-19-9-6-16/h2-3,10,13H,4-9,11,17H2,1H3. The number of ether oxygens (including phenoxy) is 4. The van der Waals surface area contributed by atoms with E-state index >= 15 is 0 Å². The van der Waals surface area contributed by atoms with Crippen LogP contribution in [0, 0.1) is 0 Å². The van der Waals surface area contributed by atoms with Gasteiger partial charge in [-0.15, -0.1) is 0 Å². The van der Waals surface area contributed by atoms with Crippen molar-refractivity contribution in [3.8, 4) is 11.5 Å². The van der Waals surface area contributed by atoms with E-state index in [0.29, 0.717) is 5.69 Å². The van der Waals surface area contributed by atoms with Gasteiger partial charge in [0, 0.05) is 32.1 Å². The highest BCUT2D eigenvalue weighted by molar-refractivity contribution is 5.56. The Morgan fingerprint density at radius 1 is 1.24 bits per heavy atom. The Morgan fingerprint density at radius 3 is 2.76 bits per heavy atom. The average molecular weight is 293 g/mol. The summed E-state index contributed by atoms with van der Waals surface area (Å²) in [4.78, 5) is 0. The van der Waals surface area contributed by atoms with Crippen molar-refractivity contribution in [1.29, 1.82) is 0 Å². The molecule has 3 rings (SSSR count). The molecule has 5 nitrogen and oxygen atoms in total. The molecule has 0 aliphatic carbocycles. The minimum atomic E-state index is -0.0671. The first-order valence-electron chi connectivity index (χ1n) is 7.53. The summed E-state index contributed by atoms with van der Waals surface area (Å²) in [5.41, 5.74) is 6.57. The first-order valence-corrected chi connectivity index (χ1v) is 7.53. The molecular weight excluding hydrogens is 270 g/mol. The molecule has 2 fully saturated rings. The van der Waals surface area contributed by atoms with E-state index in [9.17, 15) is 0 Å². The minimum absolute atomic E-state index is 0.0671. The van der Waals surface area contributed by atoms with E-state index in [4.69, 9.17) is 24.7 Å². The van der Waals surface area contributed by atoms with Crippen molar-refractivity contribution in [2.24, 2.45) is 0 Å². The minimum Gasteiger partial charge on any atom is -0.497 e. The summed E-state index contributed by atoms with van der Waals surface area (Å²) in [6.45, 7) is 2.29. The third-order valence-corrected chi connectivity index (χ3v) is 4.36. The van der Waals surface area contributed by atoms with Gasteiger partial charge < -0.3 is 24.7 Å². The van der Waals surface area contributed by atoms with Crippen LogP contribution in [0.3, 0.4) is 0 Å². The smallest absolute Gasteiger partial charge is 0.142 e. The van der Waals surface area contributed by atoms with E-state index in [-0.39, 0.29) is 11.7 Å². The van der Waals surface area contributed by atoms with Crippen LogP contribution in [0.15, 0.2) is 18.2 Å². The van der Waals surface area contributed by atoms with Gasteiger partial charge in [-0.25, -0.2) is 0 Å². The van der Waals surface area contributed by atoms with Crippen LogP contribution in [0.5, 0.6) is 11.5 Å². The van der Waals surface area contributed by atoms with Gasteiger partial charge in [-0.1, -0.05) is 0 Å². The second-order valence-corrected chi connectivity index (χ2v) is 5.78. The molecule has 2 saturated heterocycles. The van der Waals surface area contributed by atoms with Gasteiger partial charge in [-0.2, -0.15) is 0 Å². The van der Waals surface area contributed by atoms with Crippen molar-refractivity contribution in [2.45, 2.75) is 37.4 Å². The Morgan fingerprint density at radius 2 is 2.05 bits per heavy atom. The summed E-state index contributed by atoms with van der Waals surface area (Å²) in [5.74, 6) is 1.47. The molecule has 2 heterocycles. The van der Waals surface area contributed by atoms with Crippen molar-refractivity contribution >= 4 is 5.69 Å². The lowest BCUT2D eigenvalue weighted by Gasteiger charge is -2.43. The molecule has 0 amide bonds. The Hall–Kier alpha value is -1.46. The molecule has 116 valence electrons. The Kier molecular flexibility index (Phi) is 4.22. The largest absolute Gasteiger partial charge is 0.497 e. The lowest BCUT2D eigenvalue weighted by Crippen LogP contribution is -2.47. The monoisotopic (exact) mass is 293 g/mol. The van der Waals surface area contributed by atoms with Crippen LogP contribution in [0.4, 0.5) is 5.69 Å². The maximum absolute atomic E-state index is 6.11. The average Bonchev–Trinajstić information content (AvgIpc) is 2.50. The number of nitrogens with two attached hydrogens (primary N) is 1. The third-order valence-electron chi connectivity index (χ3n) is 4.36. The van der Waals surface area contributed by atoms with E-state index in [0.717, 1.165) is 57.0 Å². The van der Waals surface area contributed by atoms with Crippen LogP contribution in [-0.2, 0) is 9.47 Å². The van der Waals surface area contributed by atoms with Crippen LogP contribution < -0.4 is 15.2 Å². The number of nitrogen functional groups attached to an aromatic ring is 1. The summed E-state index contributed by atoms with van der Waals surface area (Å²) in [6.07, 6.45) is 3.85. The molecule has 21 heavy (non-hydrogen) atoms. The van der Waals surface area contributed by atoms with Gasteiger partial charge in [0.05, 0.1) is 25.0 Å². The molecule has 2 N–H and O–H groups in total. The van der Waals surface area contributed by atoms with Crippen LogP contribution in [0.2, 0.25) is 0 Å². The first-order chi connectivity index (χ1) is 10.2. The first kappa shape index (κ1) is 14.5. The van der Waals surface area contributed by atoms with Crippen molar-refractivity contribution in [3.63, 3.8) is 0 Å². The van der Waals surface area contributed by atoms with E-state index < -0.39 is 0 Å². The number of rotatable bonds is 3. The van der Waals surface area contributed by atoms with Gasteiger partial charge >= 0.3 is 0 Å². The summed E-state index contributed by atoms with van der Waals surface area (Å²) >= 11 is 0. The fourth-order valence-electron chi connectivity index (χ4n) is 3.12. The molecular formula is C16H23NO4. The topological polar surface area (TPSA) is 62.9 Å². The highest BCUT2D eigenvalue weighted by Crippen LogP contribution is 2.37. The zero-order valence-electron chi connectivity index (χ0n) is 12.5. The third kappa shape index (κ3) is 3.24. The van der Waals surface area contributed by atoms with E-state index in [2.05, 4.69) is 0 Å². The fourth-order valence-corrected chi connectivity index (χ4v) is 3.12. The predicted molar refractivity (Wildman–Crippen MR) is 79.8 cm³/mol. The van der Waals surface area contributed by atoms with Gasteiger partial charge in [0.2, 0.25) is 0 Å². The molecule has 0 bridgehead atoms. The Bertz CT molecular complexity index is 480. The van der Waals surface area contributed by atoms with E-state index in [1.807, 2.05) is 12.1 Å². The Labute approximate surface area is 125 Å². The number of benzene rings is 1. The summed E-state index contributed by atoms with van der Waals surface area (Å²) < 4.78 is 22.7. The highest BCUT2D eigenvalue weighted by Gasteiger charge is 2.40. The predicted octanol–water partition coefficient (Wildman–Crippen LogP) is 2.38. The lowest BCUT2D eigenvalue weighted by molar-refractivity contribution is -0.155. The quantitative estimate of drug-likeness (QED) is 0.867. The Balaban J connectivity index is 1.67. The molecule has 5 heteroatoms. The maximum Gasteiger partial charge on any atom is 0.142 e. The molecule has 1 unspecified atom stereocenters. The summed E-state index contributed by atoms with van der Waals surface area (Å²) in [7, 11) is 1.63. The maximum atomic E-state index is 6.11. The molecule has 1 spiro atoms. The van der Waals surface area contributed by atoms with Gasteiger partial charge in [0.15, 0.2) is 0 Å². The highest BCUT2D eigenvalue weighted by atomic mass is 16.5. The van der Waals surface area contributed by atoms with Crippen LogP contribution in [0.1, 0.15) is 25.7 Å². The van der Waals surface area contributed by atoms with E-state index in [1.54, 1.807) is 13.2 Å². The number of hydrogen-bond acceptors (Lipinski definition) is 5. The molecule has 0 aromatic heterocycles. The normalized spacial score (nSPS) is 24.7. The van der Waals surface area contributed by atoms with Crippen LogP contribution in [-0.4, -0.2) is 38.6 Å². The molecule has 2 aliphatic rings. The molecule has 0 saturated carbocycles. The van der Waals surface area contributed by atoms with Crippen LogP contribution in [0.25, 0.3) is 0 Å². The van der Waals surface area contributed by atoms with Crippen molar-refractivity contribution < 1.29 is 18.9 Å². The molecule has 0 radical (unpaired) electrons. The summed E-state index contributed by atoms with van der Waals surface area (Å²) in [5, 5.41) is 0. The van der Waals surface area contributed by atoms with Gasteiger partial charge in [-0.05, 0) is 25.0 Å². The fraction of sp³-hybridized carbons (Fsp3) is 0.625. The molecule has 1 aromatic rings.